The van der Waals surface area contributed by atoms with Gasteiger partial charge in [-0.05, 0) is 67.2 Å². The van der Waals surface area contributed by atoms with Crippen molar-refractivity contribution in [3.8, 4) is 5.82 Å². The summed E-state index contributed by atoms with van der Waals surface area (Å²) in [6.45, 7) is 2.61. The smallest absolute Gasteiger partial charge is 0.170 e. The fraction of sp³-hybridized carbons (Fsp3) is 0.174. The third kappa shape index (κ3) is 3.37. The highest BCUT2D eigenvalue weighted by Crippen LogP contribution is 2.40. The van der Waals surface area contributed by atoms with E-state index in [1.54, 1.807) is 6.26 Å². The number of hydrogen-bond donors (Lipinski definition) is 1. The highest BCUT2D eigenvalue weighted by molar-refractivity contribution is 7.80. The van der Waals surface area contributed by atoms with E-state index in [1.165, 1.54) is 0 Å². The van der Waals surface area contributed by atoms with Gasteiger partial charge in [0, 0.05) is 24.3 Å². The molecular formula is C23H21N5OS. The minimum absolute atomic E-state index is 0.0735. The molecule has 1 aliphatic heterocycles. The molecule has 7 heteroatoms. The number of nitrogens with zero attached hydrogens (tertiary/aromatic N) is 4. The van der Waals surface area contributed by atoms with Gasteiger partial charge in [-0.15, -0.1) is 0 Å². The number of rotatable bonds is 5. The molecule has 1 fully saturated rings. The lowest BCUT2D eigenvalue weighted by Crippen LogP contribution is -2.29. The van der Waals surface area contributed by atoms with Gasteiger partial charge < -0.3 is 19.2 Å². The van der Waals surface area contributed by atoms with Crippen LogP contribution in [0.15, 0.2) is 83.9 Å². The molecule has 0 unspecified atom stereocenters. The van der Waals surface area contributed by atoms with Crippen LogP contribution < -0.4 is 5.32 Å². The Morgan fingerprint density at radius 3 is 2.73 bits per heavy atom. The Morgan fingerprint density at radius 2 is 2.00 bits per heavy atom. The van der Waals surface area contributed by atoms with Crippen LogP contribution in [-0.2, 0) is 6.54 Å². The number of hydrogen-bond acceptors (Lipinski definition) is 4. The predicted octanol–water partition coefficient (Wildman–Crippen LogP) is 4.34. The molecule has 4 aromatic rings. The van der Waals surface area contributed by atoms with Gasteiger partial charge in [-0.25, -0.2) is 4.98 Å². The molecular weight excluding hydrogens is 394 g/mol. The standard InChI is InChI=1S/C23H21N5OS/c1-16-9-10-20(25-14-16)27-12-4-8-19(27)22-21(18-7-2-3-11-24-18)26-23(30)28(22)15-17-6-5-13-29-17/h2-14,21-22H,15H2,1H3,(H,26,30)/t21-,22-/m0/s1. The van der Waals surface area contributed by atoms with Crippen molar-refractivity contribution in [2.75, 3.05) is 0 Å². The van der Waals surface area contributed by atoms with Crippen molar-refractivity contribution in [1.29, 1.82) is 0 Å². The quantitative estimate of drug-likeness (QED) is 0.489. The lowest BCUT2D eigenvalue weighted by molar-refractivity contribution is 0.280. The lowest BCUT2D eigenvalue weighted by atomic mass is 10.0. The monoisotopic (exact) mass is 415 g/mol. The molecule has 4 aromatic heterocycles. The molecule has 5 rings (SSSR count). The van der Waals surface area contributed by atoms with E-state index in [1.807, 2.05) is 68.0 Å². The minimum atomic E-state index is -0.0900. The molecule has 0 radical (unpaired) electrons. The molecule has 6 nitrogen and oxygen atoms in total. The molecule has 30 heavy (non-hydrogen) atoms. The van der Waals surface area contributed by atoms with Crippen molar-refractivity contribution in [2.45, 2.75) is 25.6 Å². The predicted molar refractivity (Wildman–Crippen MR) is 118 cm³/mol. The number of nitrogens with one attached hydrogen (secondary N) is 1. The van der Waals surface area contributed by atoms with E-state index in [9.17, 15) is 0 Å². The van der Waals surface area contributed by atoms with Gasteiger partial charge in [0.15, 0.2) is 5.11 Å². The van der Waals surface area contributed by atoms with Gasteiger partial charge in [0.25, 0.3) is 0 Å². The van der Waals surface area contributed by atoms with Gasteiger partial charge in [-0.2, -0.15) is 0 Å². The van der Waals surface area contributed by atoms with Crippen LogP contribution in [0.3, 0.4) is 0 Å². The van der Waals surface area contributed by atoms with Gasteiger partial charge in [-0.3, -0.25) is 4.98 Å². The zero-order valence-electron chi connectivity index (χ0n) is 16.5. The van der Waals surface area contributed by atoms with Crippen LogP contribution in [-0.4, -0.2) is 24.5 Å². The number of furan rings is 1. The molecule has 0 amide bonds. The van der Waals surface area contributed by atoms with Crippen molar-refractivity contribution in [1.82, 2.24) is 24.8 Å². The van der Waals surface area contributed by atoms with E-state index in [-0.39, 0.29) is 12.1 Å². The summed E-state index contributed by atoms with van der Waals surface area (Å²) in [4.78, 5) is 11.4. The molecule has 150 valence electrons. The summed E-state index contributed by atoms with van der Waals surface area (Å²) < 4.78 is 7.73. The van der Waals surface area contributed by atoms with E-state index < -0.39 is 0 Å². The first kappa shape index (κ1) is 18.6. The highest BCUT2D eigenvalue weighted by Gasteiger charge is 2.41. The molecule has 0 spiro atoms. The first-order valence-corrected chi connectivity index (χ1v) is 10.2. The van der Waals surface area contributed by atoms with Crippen LogP contribution in [0.4, 0.5) is 0 Å². The first-order chi connectivity index (χ1) is 14.7. The molecule has 5 heterocycles. The lowest BCUT2D eigenvalue weighted by Gasteiger charge is -2.28. The van der Waals surface area contributed by atoms with Crippen LogP contribution >= 0.6 is 12.2 Å². The Morgan fingerprint density at radius 1 is 1.07 bits per heavy atom. The molecule has 2 atom stereocenters. The second-order valence-corrected chi connectivity index (χ2v) is 7.72. The Kier molecular flexibility index (Phi) is 4.80. The van der Waals surface area contributed by atoms with E-state index >= 15 is 0 Å². The molecule has 1 saturated heterocycles. The highest BCUT2D eigenvalue weighted by atomic mass is 32.1. The van der Waals surface area contributed by atoms with Crippen LogP contribution in [0.1, 0.15) is 34.8 Å². The third-order valence-electron chi connectivity index (χ3n) is 5.33. The van der Waals surface area contributed by atoms with Gasteiger partial charge >= 0.3 is 0 Å². The van der Waals surface area contributed by atoms with Crippen molar-refractivity contribution in [3.63, 3.8) is 0 Å². The summed E-state index contributed by atoms with van der Waals surface area (Å²) in [7, 11) is 0. The van der Waals surface area contributed by atoms with Gasteiger partial charge in [0.1, 0.15) is 11.6 Å². The normalized spacial score (nSPS) is 18.6. The van der Waals surface area contributed by atoms with Crippen molar-refractivity contribution in [2.24, 2.45) is 0 Å². The molecule has 0 aliphatic carbocycles. The van der Waals surface area contributed by atoms with Crippen molar-refractivity contribution >= 4 is 17.3 Å². The average molecular weight is 416 g/mol. The maximum Gasteiger partial charge on any atom is 0.170 e. The molecule has 0 saturated carbocycles. The summed E-state index contributed by atoms with van der Waals surface area (Å²) in [5, 5.41) is 4.16. The fourth-order valence-corrected chi connectivity index (χ4v) is 4.22. The zero-order chi connectivity index (χ0) is 20.5. The fourth-order valence-electron chi connectivity index (χ4n) is 3.91. The third-order valence-corrected chi connectivity index (χ3v) is 5.68. The van der Waals surface area contributed by atoms with E-state index in [0.29, 0.717) is 11.7 Å². The van der Waals surface area contributed by atoms with Crippen molar-refractivity contribution in [3.05, 3.63) is 102 Å². The van der Waals surface area contributed by atoms with Gasteiger partial charge in [0.2, 0.25) is 0 Å². The zero-order valence-corrected chi connectivity index (χ0v) is 17.3. The topological polar surface area (TPSA) is 59.1 Å². The maximum absolute atomic E-state index is 5.74. The summed E-state index contributed by atoms with van der Waals surface area (Å²) in [5.74, 6) is 1.73. The Bertz CT molecular complexity index is 1140. The second kappa shape index (κ2) is 7.76. The molecule has 0 bridgehead atoms. The minimum Gasteiger partial charge on any atom is -0.467 e. The molecule has 0 aromatic carbocycles. The summed E-state index contributed by atoms with van der Waals surface area (Å²) >= 11 is 5.74. The first-order valence-electron chi connectivity index (χ1n) is 9.81. The Balaban J connectivity index is 1.60. The van der Waals surface area contributed by atoms with E-state index in [0.717, 1.165) is 28.5 Å². The summed E-state index contributed by atoms with van der Waals surface area (Å²) in [6, 6.07) is 17.9. The maximum atomic E-state index is 5.74. The van der Waals surface area contributed by atoms with Crippen LogP contribution in [0.25, 0.3) is 5.82 Å². The van der Waals surface area contributed by atoms with Gasteiger partial charge in [-0.1, -0.05) is 12.1 Å². The largest absolute Gasteiger partial charge is 0.467 e. The van der Waals surface area contributed by atoms with E-state index in [4.69, 9.17) is 16.6 Å². The average Bonchev–Trinajstić information content (AvgIpc) is 3.51. The van der Waals surface area contributed by atoms with Crippen LogP contribution in [0.2, 0.25) is 0 Å². The Labute approximate surface area is 180 Å². The second-order valence-electron chi connectivity index (χ2n) is 7.33. The molecule has 1 aliphatic rings. The van der Waals surface area contributed by atoms with Crippen LogP contribution in [0.5, 0.6) is 0 Å². The van der Waals surface area contributed by atoms with Crippen LogP contribution in [0, 0.1) is 6.92 Å². The number of aromatic nitrogens is 3. The SMILES string of the molecule is Cc1ccc(-n2cccc2[C@H]2[C@H](c3ccccn3)NC(=S)N2Cc2ccco2)nc1. The summed E-state index contributed by atoms with van der Waals surface area (Å²) in [5.41, 5.74) is 3.15. The van der Waals surface area contributed by atoms with Gasteiger partial charge in [0.05, 0.1) is 30.6 Å². The Hall–Kier alpha value is -3.45. The number of thiocarbonyl (C=S) groups is 1. The number of aryl methyl sites for hydroxylation is 1. The summed E-state index contributed by atoms with van der Waals surface area (Å²) in [6.07, 6.45) is 7.42. The van der Waals surface area contributed by atoms with E-state index in [2.05, 4.69) is 36.9 Å². The molecule has 1 N–H and O–H groups in total. The van der Waals surface area contributed by atoms with Crippen molar-refractivity contribution < 1.29 is 4.42 Å². The number of pyridine rings is 2.